The quantitative estimate of drug-likeness (QED) is 0.0229. The topological polar surface area (TPSA) is 108 Å². The van der Waals surface area contributed by atoms with Gasteiger partial charge >= 0.3 is 11.9 Å². The van der Waals surface area contributed by atoms with Crippen molar-refractivity contribution in [2.75, 3.05) is 13.2 Å². The molecule has 0 aliphatic heterocycles. The molecule has 0 saturated heterocycles. The summed E-state index contributed by atoms with van der Waals surface area (Å²) in [5.41, 5.74) is 3.54. The van der Waals surface area contributed by atoms with E-state index >= 15 is 0 Å². The zero-order chi connectivity index (χ0) is 39.2. The Kier molecular flexibility index (Phi) is 16.9. The summed E-state index contributed by atoms with van der Waals surface area (Å²) >= 11 is 0. The van der Waals surface area contributed by atoms with Gasteiger partial charge in [0.1, 0.15) is 23.0 Å². The number of azo groups is 1. The smallest absolute Gasteiger partial charge is 0.343 e. The summed E-state index contributed by atoms with van der Waals surface area (Å²) in [4.78, 5) is 30.1. The molecule has 9 heteroatoms. The van der Waals surface area contributed by atoms with Crippen molar-refractivity contribution in [3.8, 4) is 23.0 Å². The highest BCUT2D eigenvalue weighted by Crippen LogP contribution is 2.25. The van der Waals surface area contributed by atoms with Crippen LogP contribution in [0.4, 0.5) is 17.1 Å². The van der Waals surface area contributed by atoms with Gasteiger partial charge in [-0.3, -0.25) is 4.99 Å². The molecular weight excluding hydrogens is 703 g/mol. The predicted octanol–water partition coefficient (Wildman–Crippen LogP) is 13.0. The summed E-state index contributed by atoms with van der Waals surface area (Å²) in [6.45, 7) is 5.73. The fraction of sp³-hybridized carbons (Fsp3) is 0.298. The van der Waals surface area contributed by atoms with Gasteiger partial charge in [0, 0.05) is 6.21 Å². The number of carbonyl (C=O) groups is 2. The van der Waals surface area contributed by atoms with E-state index in [1.807, 2.05) is 30.3 Å². The number of rotatable bonds is 22. The highest BCUT2D eigenvalue weighted by atomic mass is 16.5. The van der Waals surface area contributed by atoms with Crippen LogP contribution in [-0.4, -0.2) is 31.4 Å². The van der Waals surface area contributed by atoms with Crippen LogP contribution in [0.2, 0.25) is 0 Å². The van der Waals surface area contributed by atoms with Gasteiger partial charge < -0.3 is 18.9 Å². The summed E-state index contributed by atoms with van der Waals surface area (Å²) in [5.74, 6) is 1.39. The van der Waals surface area contributed by atoms with Crippen LogP contribution in [0.5, 0.6) is 23.0 Å². The second-order valence-corrected chi connectivity index (χ2v) is 13.4. The average Bonchev–Trinajstić information content (AvgIpc) is 3.23. The average molecular weight is 754 g/mol. The Morgan fingerprint density at radius 2 is 0.946 bits per heavy atom. The van der Waals surface area contributed by atoms with Crippen molar-refractivity contribution in [3.63, 3.8) is 0 Å². The van der Waals surface area contributed by atoms with Gasteiger partial charge in [0.2, 0.25) is 0 Å². The third kappa shape index (κ3) is 14.3. The first-order valence-corrected chi connectivity index (χ1v) is 19.6. The fourth-order valence-electron chi connectivity index (χ4n) is 5.58. The number of unbranched alkanes of at least 4 members (excludes halogenated alkanes) is 8. The van der Waals surface area contributed by atoms with Gasteiger partial charge in [-0.2, -0.15) is 10.2 Å². The number of esters is 2. The molecule has 0 bridgehead atoms. The second kappa shape index (κ2) is 23.0. The van der Waals surface area contributed by atoms with Gasteiger partial charge in [-0.15, -0.1) is 0 Å². The van der Waals surface area contributed by atoms with Crippen LogP contribution in [0.15, 0.2) is 137 Å². The number of ether oxygens (including phenoxy) is 4. The van der Waals surface area contributed by atoms with Crippen molar-refractivity contribution in [2.45, 2.75) is 78.1 Å². The highest BCUT2D eigenvalue weighted by molar-refractivity contribution is 5.92. The van der Waals surface area contributed by atoms with Crippen molar-refractivity contribution < 1.29 is 28.5 Å². The molecule has 9 nitrogen and oxygen atoms in total. The normalized spacial score (nSPS) is 11.2. The lowest BCUT2D eigenvalue weighted by molar-refractivity contribution is 0.0725. The minimum atomic E-state index is -0.494. The maximum atomic E-state index is 12.8. The van der Waals surface area contributed by atoms with Gasteiger partial charge in [0.05, 0.1) is 41.4 Å². The Morgan fingerprint density at radius 1 is 0.482 bits per heavy atom. The van der Waals surface area contributed by atoms with Crippen molar-refractivity contribution in [3.05, 3.63) is 138 Å². The molecule has 0 saturated carbocycles. The molecule has 5 aromatic carbocycles. The van der Waals surface area contributed by atoms with Gasteiger partial charge in [0.25, 0.3) is 0 Å². The Balaban J connectivity index is 1.04. The van der Waals surface area contributed by atoms with E-state index in [9.17, 15) is 9.59 Å². The van der Waals surface area contributed by atoms with E-state index in [4.69, 9.17) is 18.9 Å². The standard InChI is InChI=1S/C47H51N3O6/c1-3-5-7-8-9-10-11-12-33-54-42-26-18-38(19-27-42)47(52)56-45-15-13-14-36(34-45)35-48-39-20-16-37(17-21-39)46(51)55-44-30-24-41(25-31-44)50-49-40-22-28-43(29-23-40)53-32-6-4-2/h13-31,34-35H,3-12,32-33H2,1-2H3. The predicted molar refractivity (Wildman–Crippen MR) is 222 cm³/mol. The van der Waals surface area contributed by atoms with Gasteiger partial charge in [-0.1, -0.05) is 77.3 Å². The first kappa shape index (κ1) is 41.1. The van der Waals surface area contributed by atoms with Crippen LogP contribution >= 0.6 is 0 Å². The molecule has 0 aromatic heterocycles. The zero-order valence-electron chi connectivity index (χ0n) is 32.4. The van der Waals surface area contributed by atoms with E-state index in [2.05, 4.69) is 29.1 Å². The Labute approximate surface area is 330 Å². The molecule has 0 unspecified atom stereocenters. The number of hydrogen-bond acceptors (Lipinski definition) is 9. The van der Waals surface area contributed by atoms with E-state index in [0.29, 0.717) is 52.9 Å². The summed E-state index contributed by atoms with van der Waals surface area (Å²) in [5, 5.41) is 8.53. The van der Waals surface area contributed by atoms with E-state index in [1.165, 1.54) is 44.9 Å². The number of hydrogen-bond donors (Lipinski definition) is 0. The Hall–Kier alpha value is -6.09. The molecule has 5 aromatic rings. The van der Waals surface area contributed by atoms with Crippen molar-refractivity contribution >= 4 is 35.2 Å². The molecule has 0 spiro atoms. The van der Waals surface area contributed by atoms with E-state index in [0.717, 1.165) is 36.3 Å². The van der Waals surface area contributed by atoms with Gasteiger partial charge in [0.15, 0.2) is 0 Å². The molecule has 5 rings (SSSR count). The molecule has 0 aliphatic carbocycles. The molecule has 0 fully saturated rings. The third-order valence-corrected chi connectivity index (χ3v) is 8.82. The van der Waals surface area contributed by atoms with Crippen LogP contribution in [-0.2, 0) is 0 Å². The van der Waals surface area contributed by atoms with Crippen LogP contribution in [0, 0.1) is 0 Å². The summed E-state index contributed by atoms with van der Waals surface area (Å²) in [6.07, 6.45) is 13.8. The molecule has 0 aliphatic rings. The van der Waals surface area contributed by atoms with Gasteiger partial charge in [-0.05, 0) is 128 Å². The zero-order valence-corrected chi connectivity index (χ0v) is 32.4. The monoisotopic (exact) mass is 753 g/mol. The molecule has 56 heavy (non-hydrogen) atoms. The third-order valence-electron chi connectivity index (χ3n) is 8.82. The minimum Gasteiger partial charge on any atom is -0.494 e. The number of nitrogens with zero attached hydrogens (tertiary/aromatic N) is 3. The van der Waals surface area contributed by atoms with Crippen molar-refractivity contribution in [1.82, 2.24) is 0 Å². The van der Waals surface area contributed by atoms with Crippen molar-refractivity contribution in [2.24, 2.45) is 15.2 Å². The van der Waals surface area contributed by atoms with E-state index in [1.54, 1.807) is 97.2 Å². The first-order valence-electron chi connectivity index (χ1n) is 19.6. The Bertz CT molecular complexity index is 1990. The molecule has 0 amide bonds. The SMILES string of the molecule is CCCCCCCCCCOc1ccc(C(=O)Oc2cccc(C=Nc3ccc(C(=O)Oc4ccc(N=Nc5ccc(OCCCC)cc5)cc4)cc3)c2)cc1. The summed E-state index contributed by atoms with van der Waals surface area (Å²) < 4.78 is 22.7. The lowest BCUT2D eigenvalue weighted by Gasteiger charge is -2.08. The largest absolute Gasteiger partial charge is 0.494 e. The maximum absolute atomic E-state index is 12.8. The molecule has 0 radical (unpaired) electrons. The lowest BCUT2D eigenvalue weighted by Crippen LogP contribution is -2.08. The first-order chi connectivity index (χ1) is 27.5. The molecule has 290 valence electrons. The summed E-state index contributed by atoms with van der Waals surface area (Å²) in [6, 6.07) is 35.2. The molecular formula is C47H51N3O6. The van der Waals surface area contributed by atoms with E-state index in [-0.39, 0.29) is 0 Å². The van der Waals surface area contributed by atoms with Crippen molar-refractivity contribution in [1.29, 1.82) is 0 Å². The molecule has 0 N–H and O–H groups in total. The lowest BCUT2D eigenvalue weighted by atomic mass is 10.1. The molecule has 0 atom stereocenters. The van der Waals surface area contributed by atoms with Crippen LogP contribution < -0.4 is 18.9 Å². The van der Waals surface area contributed by atoms with Crippen LogP contribution in [0.25, 0.3) is 0 Å². The molecule has 0 heterocycles. The Morgan fingerprint density at radius 3 is 1.54 bits per heavy atom. The van der Waals surface area contributed by atoms with E-state index < -0.39 is 11.9 Å². The van der Waals surface area contributed by atoms with Crippen LogP contribution in [0.1, 0.15) is 104 Å². The minimum absolute atomic E-state index is 0.381. The van der Waals surface area contributed by atoms with Crippen LogP contribution in [0.3, 0.4) is 0 Å². The fourth-order valence-corrected chi connectivity index (χ4v) is 5.58. The summed E-state index contributed by atoms with van der Waals surface area (Å²) in [7, 11) is 0. The maximum Gasteiger partial charge on any atom is 0.343 e. The second-order valence-electron chi connectivity index (χ2n) is 13.4. The number of carbonyl (C=O) groups excluding carboxylic acids is 2. The number of benzene rings is 5. The number of aliphatic imine (C=N–C) groups is 1. The van der Waals surface area contributed by atoms with Gasteiger partial charge in [-0.25, -0.2) is 9.59 Å². The highest BCUT2D eigenvalue weighted by Gasteiger charge is 2.11.